The minimum Gasteiger partial charge on any atom is -0.457 e. The molecule has 2 heterocycles. The molecule has 0 aliphatic carbocycles. The van der Waals surface area contributed by atoms with Crippen molar-refractivity contribution < 1.29 is 14.3 Å². The molecule has 1 aliphatic rings. The Bertz CT molecular complexity index is 1400. The van der Waals surface area contributed by atoms with E-state index >= 15 is 0 Å². The molecule has 39 heavy (non-hydrogen) atoms. The van der Waals surface area contributed by atoms with Crippen LogP contribution >= 0.6 is 0 Å². The lowest BCUT2D eigenvalue weighted by Crippen LogP contribution is -2.49. The van der Waals surface area contributed by atoms with Crippen molar-refractivity contribution in [2.75, 3.05) is 13.1 Å². The molecule has 3 aromatic carbocycles. The van der Waals surface area contributed by atoms with Gasteiger partial charge in [0.15, 0.2) is 0 Å². The summed E-state index contributed by atoms with van der Waals surface area (Å²) in [4.78, 5) is 30.7. The number of aryl methyl sites for hydroxylation is 1. The lowest BCUT2D eigenvalue weighted by Gasteiger charge is -2.39. The molecule has 4 aromatic rings. The van der Waals surface area contributed by atoms with Crippen LogP contribution in [0.15, 0.2) is 103 Å². The second-order valence-electron chi connectivity index (χ2n) is 10.2. The van der Waals surface area contributed by atoms with Crippen molar-refractivity contribution in [1.82, 2.24) is 14.4 Å². The summed E-state index contributed by atoms with van der Waals surface area (Å²) in [5.41, 5.74) is 3.15. The van der Waals surface area contributed by atoms with Crippen LogP contribution in [0, 0.1) is 0 Å². The molecular formula is C33H35N3O3. The lowest BCUT2D eigenvalue weighted by molar-refractivity contribution is -0.143. The molecule has 1 unspecified atom stereocenters. The maximum atomic E-state index is 13.9. The van der Waals surface area contributed by atoms with Gasteiger partial charge in [-0.2, -0.15) is 0 Å². The number of benzene rings is 3. The first-order valence-electron chi connectivity index (χ1n) is 13.6. The first-order chi connectivity index (χ1) is 19.0. The van der Waals surface area contributed by atoms with E-state index in [-0.39, 0.29) is 30.4 Å². The van der Waals surface area contributed by atoms with Crippen molar-refractivity contribution >= 4 is 11.8 Å². The molecule has 0 radical (unpaired) electrons. The summed E-state index contributed by atoms with van der Waals surface area (Å²) in [5.74, 6) is 1.42. The van der Waals surface area contributed by atoms with E-state index < -0.39 is 0 Å². The summed E-state index contributed by atoms with van der Waals surface area (Å²) < 4.78 is 8.30. The van der Waals surface area contributed by atoms with E-state index in [1.165, 1.54) is 0 Å². The van der Waals surface area contributed by atoms with Crippen LogP contribution in [0.5, 0.6) is 11.5 Å². The van der Waals surface area contributed by atoms with Crippen LogP contribution in [0.4, 0.5) is 0 Å². The molecule has 6 nitrogen and oxygen atoms in total. The van der Waals surface area contributed by atoms with Crippen LogP contribution in [0.25, 0.3) is 0 Å². The molecule has 200 valence electrons. The fourth-order valence-corrected chi connectivity index (χ4v) is 5.21. The molecule has 0 fully saturated rings. The quantitative estimate of drug-likeness (QED) is 0.268. The van der Waals surface area contributed by atoms with E-state index in [9.17, 15) is 9.59 Å². The largest absolute Gasteiger partial charge is 0.457 e. The summed E-state index contributed by atoms with van der Waals surface area (Å²) in [6.07, 6.45) is 3.09. The smallest absolute Gasteiger partial charge is 0.243 e. The monoisotopic (exact) mass is 521 g/mol. The van der Waals surface area contributed by atoms with Crippen molar-refractivity contribution in [3.8, 4) is 11.5 Å². The predicted octanol–water partition coefficient (Wildman–Crippen LogP) is 6.08. The van der Waals surface area contributed by atoms with Gasteiger partial charge >= 0.3 is 0 Å². The van der Waals surface area contributed by atoms with Gasteiger partial charge in [-0.15, -0.1) is 0 Å². The van der Waals surface area contributed by atoms with Gasteiger partial charge in [-0.3, -0.25) is 9.59 Å². The molecule has 0 spiro atoms. The number of amides is 2. The second kappa shape index (κ2) is 12.0. The molecule has 1 aromatic heterocycles. The van der Waals surface area contributed by atoms with E-state index in [4.69, 9.17) is 4.74 Å². The number of fused-ring (bicyclic) bond motifs is 1. The fourth-order valence-electron chi connectivity index (χ4n) is 5.21. The average molecular weight is 522 g/mol. The zero-order valence-electron chi connectivity index (χ0n) is 22.6. The predicted molar refractivity (Wildman–Crippen MR) is 153 cm³/mol. The van der Waals surface area contributed by atoms with Gasteiger partial charge in [-0.05, 0) is 67.8 Å². The number of rotatable bonds is 9. The third-order valence-electron chi connectivity index (χ3n) is 7.23. The normalized spacial score (nSPS) is 14.6. The zero-order valence-corrected chi connectivity index (χ0v) is 22.6. The van der Waals surface area contributed by atoms with Crippen LogP contribution in [0.1, 0.15) is 43.1 Å². The second-order valence-corrected chi connectivity index (χ2v) is 10.2. The molecule has 1 aliphatic heterocycles. The Labute approximate surface area is 230 Å². The van der Waals surface area contributed by atoms with Gasteiger partial charge in [0.05, 0.1) is 6.04 Å². The van der Waals surface area contributed by atoms with Crippen molar-refractivity contribution in [3.05, 3.63) is 120 Å². The fraction of sp³-hybridized carbons (Fsp3) is 0.273. The first-order valence-corrected chi connectivity index (χ1v) is 13.6. The molecule has 0 saturated heterocycles. The standard InChI is InChI=1S/C33H35N3O3/c1-25(2)36(31(37)19-18-26-11-5-3-6-12-26)24-32(38)35-22-21-34-20-10-17-30(34)33(35)27-13-9-16-29(23-27)39-28-14-7-4-8-15-28/h3-17,20,23,25,33H,18-19,21-22,24H2,1-2H3. The van der Waals surface area contributed by atoms with Gasteiger partial charge in [0, 0.05) is 37.4 Å². The van der Waals surface area contributed by atoms with Crippen LogP contribution < -0.4 is 4.74 Å². The summed E-state index contributed by atoms with van der Waals surface area (Å²) >= 11 is 0. The number of carbonyl (C=O) groups is 2. The number of para-hydroxylation sites is 1. The van der Waals surface area contributed by atoms with E-state index in [1.54, 1.807) is 4.90 Å². The Hall–Kier alpha value is -4.32. The minimum atomic E-state index is -0.269. The van der Waals surface area contributed by atoms with Gasteiger partial charge in [0.1, 0.15) is 18.0 Å². The highest BCUT2D eigenvalue weighted by Gasteiger charge is 2.34. The Morgan fingerprint density at radius 3 is 2.33 bits per heavy atom. The van der Waals surface area contributed by atoms with Crippen LogP contribution in [0.3, 0.4) is 0 Å². The molecular weight excluding hydrogens is 486 g/mol. The Balaban J connectivity index is 1.36. The zero-order chi connectivity index (χ0) is 27.2. The lowest BCUT2D eigenvalue weighted by atomic mass is 9.99. The van der Waals surface area contributed by atoms with Crippen molar-refractivity contribution in [3.63, 3.8) is 0 Å². The topological polar surface area (TPSA) is 54.8 Å². The first kappa shape index (κ1) is 26.3. The number of hydrogen-bond donors (Lipinski definition) is 0. The van der Waals surface area contributed by atoms with E-state index in [2.05, 4.69) is 16.8 Å². The SMILES string of the molecule is CC(C)N(CC(=O)N1CCn2cccc2C1c1cccc(Oc2ccccc2)c1)C(=O)CCc1ccccc1. The number of aromatic nitrogens is 1. The number of hydrogen-bond acceptors (Lipinski definition) is 3. The molecule has 0 saturated carbocycles. The molecule has 0 N–H and O–H groups in total. The van der Waals surface area contributed by atoms with Gasteiger partial charge in [-0.1, -0.05) is 60.7 Å². The van der Waals surface area contributed by atoms with Crippen LogP contribution in [-0.4, -0.2) is 45.3 Å². The van der Waals surface area contributed by atoms with E-state index in [1.807, 2.05) is 110 Å². The highest BCUT2D eigenvalue weighted by molar-refractivity contribution is 5.85. The molecule has 6 heteroatoms. The van der Waals surface area contributed by atoms with Crippen LogP contribution in [0.2, 0.25) is 0 Å². The van der Waals surface area contributed by atoms with Crippen molar-refractivity contribution in [2.24, 2.45) is 0 Å². The molecule has 2 amide bonds. The molecule has 5 rings (SSSR count). The molecule has 1 atom stereocenters. The Morgan fingerprint density at radius 1 is 0.872 bits per heavy atom. The van der Waals surface area contributed by atoms with E-state index in [0.717, 1.165) is 28.3 Å². The van der Waals surface area contributed by atoms with Crippen LogP contribution in [-0.2, 0) is 22.6 Å². The number of nitrogens with zero attached hydrogens (tertiary/aromatic N) is 3. The number of ether oxygens (including phenoxy) is 1. The van der Waals surface area contributed by atoms with E-state index in [0.29, 0.717) is 25.9 Å². The Morgan fingerprint density at radius 2 is 1.59 bits per heavy atom. The van der Waals surface area contributed by atoms with Gasteiger partial charge < -0.3 is 19.1 Å². The third-order valence-corrected chi connectivity index (χ3v) is 7.23. The number of carbonyl (C=O) groups excluding carboxylic acids is 2. The van der Waals surface area contributed by atoms with Gasteiger partial charge in [0.2, 0.25) is 11.8 Å². The van der Waals surface area contributed by atoms with Gasteiger partial charge in [-0.25, -0.2) is 0 Å². The third kappa shape index (κ3) is 6.23. The highest BCUT2D eigenvalue weighted by Crippen LogP contribution is 2.35. The maximum absolute atomic E-state index is 13.9. The summed E-state index contributed by atoms with van der Waals surface area (Å²) in [6.45, 7) is 5.28. The summed E-state index contributed by atoms with van der Waals surface area (Å²) in [5, 5.41) is 0. The van der Waals surface area contributed by atoms with Gasteiger partial charge in [0.25, 0.3) is 0 Å². The van der Waals surface area contributed by atoms with Crippen molar-refractivity contribution in [2.45, 2.75) is 45.3 Å². The average Bonchev–Trinajstić information content (AvgIpc) is 3.44. The Kier molecular flexibility index (Phi) is 8.11. The molecule has 0 bridgehead atoms. The van der Waals surface area contributed by atoms with Crippen molar-refractivity contribution in [1.29, 1.82) is 0 Å². The highest BCUT2D eigenvalue weighted by atomic mass is 16.5. The summed E-state index contributed by atoms with van der Waals surface area (Å²) in [6, 6.07) is 31.3. The summed E-state index contributed by atoms with van der Waals surface area (Å²) in [7, 11) is 0. The maximum Gasteiger partial charge on any atom is 0.243 e. The minimum absolute atomic E-state index is 0.00241.